The molecule has 0 saturated carbocycles. The molecule has 6 heteroatoms. The number of aryl methyl sites for hydroxylation is 2. The van der Waals surface area contributed by atoms with E-state index in [9.17, 15) is 13.2 Å². The number of carbonyl (C=O) groups is 1. The van der Waals surface area contributed by atoms with E-state index in [4.69, 9.17) is 5.11 Å². The summed E-state index contributed by atoms with van der Waals surface area (Å²) in [7, 11) is -3.83. The summed E-state index contributed by atoms with van der Waals surface area (Å²) in [5.74, 6) is -1.51. The van der Waals surface area contributed by atoms with Crippen molar-refractivity contribution < 1.29 is 18.3 Å². The number of hydrogen-bond donors (Lipinski definition) is 2. The summed E-state index contributed by atoms with van der Waals surface area (Å²) >= 11 is 0. The van der Waals surface area contributed by atoms with E-state index in [0.29, 0.717) is 5.56 Å². The second-order valence-electron chi connectivity index (χ2n) is 4.95. The van der Waals surface area contributed by atoms with E-state index in [0.717, 1.165) is 5.56 Å². The highest BCUT2D eigenvalue weighted by molar-refractivity contribution is 7.89. The summed E-state index contributed by atoms with van der Waals surface area (Å²) in [6, 6.07) is 3.80. The van der Waals surface area contributed by atoms with Gasteiger partial charge in [-0.15, -0.1) is 0 Å². The Labute approximate surface area is 113 Å². The van der Waals surface area contributed by atoms with Crippen LogP contribution in [0.2, 0.25) is 0 Å². The van der Waals surface area contributed by atoms with Crippen molar-refractivity contribution in [3.8, 4) is 0 Å². The molecule has 0 radical (unpaired) electrons. The van der Waals surface area contributed by atoms with Crippen molar-refractivity contribution in [1.29, 1.82) is 0 Å². The number of benzene rings is 1. The second-order valence-corrected chi connectivity index (χ2v) is 6.63. The first-order chi connectivity index (χ1) is 8.65. The van der Waals surface area contributed by atoms with E-state index >= 15 is 0 Å². The van der Waals surface area contributed by atoms with Gasteiger partial charge in [-0.05, 0) is 31.4 Å². The van der Waals surface area contributed by atoms with Crippen molar-refractivity contribution in [2.24, 2.45) is 5.92 Å². The van der Waals surface area contributed by atoms with Gasteiger partial charge in [-0.25, -0.2) is 8.42 Å². The summed E-state index contributed by atoms with van der Waals surface area (Å²) < 4.78 is 26.7. The third-order valence-electron chi connectivity index (χ3n) is 2.83. The Morgan fingerprint density at radius 2 is 1.84 bits per heavy atom. The molecule has 0 fully saturated rings. The van der Waals surface area contributed by atoms with Crippen molar-refractivity contribution in [3.63, 3.8) is 0 Å². The molecular formula is C13H19NO4S. The highest BCUT2D eigenvalue weighted by atomic mass is 32.2. The molecule has 0 aliphatic rings. The fourth-order valence-electron chi connectivity index (χ4n) is 1.80. The van der Waals surface area contributed by atoms with Gasteiger partial charge in [0.1, 0.15) is 6.04 Å². The van der Waals surface area contributed by atoms with Crippen molar-refractivity contribution >= 4 is 16.0 Å². The van der Waals surface area contributed by atoms with Crippen LogP contribution < -0.4 is 4.72 Å². The second kappa shape index (κ2) is 5.71. The Morgan fingerprint density at radius 1 is 1.26 bits per heavy atom. The third-order valence-corrected chi connectivity index (χ3v) is 4.44. The van der Waals surface area contributed by atoms with Gasteiger partial charge in [-0.1, -0.05) is 31.5 Å². The summed E-state index contributed by atoms with van der Waals surface area (Å²) in [5.41, 5.74) is 1.55. The molecule has 0 heterocycles. The van der Waals surface area contributed by atoms with Crippen LogP contribution in [0.3, 0.4) is 0 Å². The maximum Gasteiger partial charge on any atom is 0.322 e. The van der Waals surface area contributed by atoms with Gasteiger partial charge in [-0.3, -0.25) is 4.79 Å². The lowest BCUT2D eigenvalue weighted by Gasteiger charge is -2.18. The lowest BCUT2D eigenvalue weighted by atomic mass is 10.1. The molecular weight excluding hydrogens is 266 g/mol. The van der Waals surface area contributed by atoms with Crippen molar-refractivity contribution in [1.82, 2.24) is 4.72 Å². The van der Waals surface area contributed by atoms with Crippen LogP contribution in [0.5, 0.6) is 0 Å². The predicted octanol–water partition coefficient (Wildman–Crippen LogP) is 1.69. The number of nitrogens with one attached hydrogen (secondary N) is 1. The average Bonchev–Trinajstić information content (AvgIpc) is 2.24. The first-order valence-electron chi connectivity index (χ1n) is 5.97. The molecule has 0 aromatic heterocycles. The van der Waals surface area contributed by atoms with E-state index in [-0.39, 0.29) is 10.8 Å². The Balaban J connectivity index is 3.14. The predicted molar refractivity (Wildman–Crippen MR) is 72.5 cm³/mol. The molecule has 106 valence electrons. The van der Waals surface area contributed by atoms with Gasteiger partial charge in [0.05, 0.1) is 4.90 Å². The monoisotopic (exact) mass is 285 g/mol. The van der Waals surface area contributed by atoms with E-state index in [1.165, 1.54) is 6.07 Å². The molecule has 2 N–H and O–H groups in total. The van der Waals surface area contributed by atoms with Gasteiger partial charge >= 0.3 is 5.97 Å². The molecule has 1 aromatic carbocycles. The molecule has 0 amide bonds. The Bertz CT molecular complexity index is 578. The smallest absolute Gasteiger partial charge is 0.322 e. The standard InChI is InChI=1S/C13H19NO4S/c1-8(2)12(13(15)16)14-19(17,18)11-6-5-9(3)7-10(11)4/h5-8,12,14H,1-4H3,(H,15,16). The molecule has 5 nitrogen and oxygen atoms in total. The van der Waals surface area contributed by atoms with Gasteiger partial charge in [0, 0.05) is 0 Å². The maximum atomic E-state index is 12.2. The first-order valence-corrected chi connectivity index (χ1v) is 7.46. The van der Waals surface area contributed by atoms with Gasteiger partial charge < -0.3 is 5.11 Å². The summed E-state index contributed by atoms with van der Waals surface area (Å²) in [6.07, 6.45) is 0. The molecule has 1 aromatic rings. The molecule has 0 saturated heterocycles. The molecule has 0 aliphatic carbocycles. The fourth-order valence-corrected chi connectivity index (χ4v) is 3.37. The van der Waals surface area contributed by atoms with E-state index in [1.807, 2.05) is 6.92 Å². The van der Waals surface area contributed by atoms with Crippen LogP contribution in [0.15, 0.2) is 23.1 Å². The largest absolute Gasteiger partial charge is 0.480 e. The zero-order chi connectivity index (χ0) is 14.8. The number of rotatable bonds is 5. The number of carboxylic acids is 1. The quantitative estimate of drug-likeness (QED) is 0.862. The number of hydrogen-bond acceptors (Lipinski definition) is 3. The summed E-state index contributed by atoms with van der Waals surface area (Å²) in [6.45, 7) is 6.87. The van der Waals surface area contributed by atoms with Gasteiger partial charge in [-0.2, -0.15) is 4.72 Å². The fraction of sp³-hybridized carbons (Fsp3) is 0.462. The number of carboxylic acid groups (broad SMARTS) is 1. The molecule has 19 heavy (non-hydrogen) atoms. The molecule has 0 spiro atoms. The van der Waals surface area contributed by atoms with Crippen LogP contribution >= 0.6 is 0 Å². The maximum absolute atomic E-state index is 12.2. The molecule has 1 rings (SSSR count). The van der Waals surface area contributed by atoms with Crippen molar-refractivity contribution in [2.75, 3.05) is 0 Å². The van der Waals surface area contributed by atoms with Gasteiger partial charge in [0.2, 0.25) is 10.0 Å². The van der Waals surface area contributed by atoms with Crippen LogP contribution in [-0.2, 0) is 14.8 Å². The van der Waals surface area contributed by atoms with Crippen LogP contribution in [0.4, 0.5) is 0 Å². The lowest BCUT2D eigenvalue weighted by molar-refractivity contribution is -0.140. The third kappa shape index (κ3) is 3.78. The number of aliphatic carboxylic acids is 1. The van der Waals surface area contributed by atoms with Crippen molar-refractivity contribution in [2.45, 2.75) is 38.6 Å². The molecule has 1 atom stereocenters. The SMILES string of the molecule is Cc1ccc(S(=O)(=O)NC(C(=O)O)C(C)C)c(C)c1. The minimum Gasteiger partial charge on any atom is -0.480 e. The van der Waals surface area contributed by atoms with Gasteiger partial charge in [0.25, 0.3) is 0 Å². The molecule has 0 bridgehead atoms. The van der Waals surface area contributed by atoms with Crippen molar-refractivity contribution in [3.05, 3.63) is 29.3 Å². The minimum absolute atomic E-state index is 0.116. The highest BCUT2D eigenvalue weighted by Crippen LogP contribution is 2.17. The van der Waals surface area contributed by atoms with Crippen LogP contribution in [0.1, 0.15) is 25.0 Å². The zero-order valence-electron chi connectivity index (χ0n) is 11.5. The van der Waals surface area contributed by atoms with E-state index in [1.54, 1.807) is 32.9 Å². The van der Waals surface area contributed by atoms with Gasteiger partial charge in [0.15, 0.2) is 0 Å². The van der Waals surface area contributed by atoms with Crippen LogP contribution in [0, 0.1) is 19.8 Å². The zero-order valence-corrected chi connectivity index (χ0v) is 12.3. The average molecular weight is 285 g/mol. The normalized spacial score (nSPS) is 13.5. The molecule has 1 unspecified atom stereocenters. The van der Waals surface area contributed by atoms with Crippen LogP contribution in [0.25, 0.3) is 0 Å². The molecule has 0 aliphatic heterocycles. The highest BCUT2D eigenvalue weighted by Gasteiger charge is 2.28. The van der Waals surface area contributed by atoms with Crippen LogP contribution in [-0.4, -0.2) is 25.5 Å². The minimum atomic E-state index is -3.83. The van der Waals surface area contributed by atoms with E-state index < -0.39 is 22.0 Å². The number of sulfonamides is 1. The van der Waals surface area contributed by atoms with E-state index in [2.05, 4.69) is 4.72 Å². The summed E-state index contributed by atoms with van der Waals surface area (Å²) in [5, 5.41) is 9.04. The topological polar surface area (TPSA) is 83.5 Å². The first kappa shape index (κ1) is 15.7. The lowest BCUT2D eigenvalue weighted by Crippen LogP contribution is -2.44. The summed E-state index contributed by atoms with van der Waals surface area (Å²) in [4.78, 5) is 11.2. The Hall–Kier alpha value is -1.40. The Kier molecular flexibility index (Phi) is 4.70. The Morgan fingerprint density at radius 3 is 2.26 bits per heavy atom.